The zero-order chi connectivity index (χ0) is 15.2. The van der Waals surface area contributed by atoms with Crippen LogP contribution in [0.1, 0.15) is 32.3 Å². The zero-order valence-corrected chi connectivity index (χ0v) is 13.4. The Morgan fingerprint density at radius 1 is 1.19 bits per heavy atom. The first-order chi connectivity index (χ1) is 9.33. The minimum absolute atomic E-state index is 0. The van der Waals surface area contributed by atoms with Crippen LogP contribution >= 0.6 is 0 Å². The Kier molecular flexibility index (Phi) is 8.05. The molecule has 0 atom stereocenters. The summed E-state index contributed by atoms with van der Waals surface area (Å²) in [6.07, 6.45) is 2.12. The minimum atomic E-state index is -4.27. The highest BCUT2D eigenvalue weighted by atomic mass is 32.2. The number of benzene rings is 1. The Morgan fingerprint density at radius 3 is 2.00 bits per heavy atom. The number of hydrogen-bond donors (Lipinski definition) is 0. The van der Waals surface area contributed by atoms with Crippen molar-refractivity contribution in [3.05, 3.63) is 29.8 Å². The van der Waals surface area contributed by atoms with E-state index in [1.54, 1.807) is 12.1 Å². The van der Waals surface area contributed by atoms with E-state index in [1.165, 1.54) is 12.1 Å². The Labute approximate surface area is 126 Å². The van der Waals surface area contributed by atoms with E-state index in [-0.39, 0.29) is 16.0 Å². The molecule has 1 heterocycles. The fourth-order valence-corrected chi connectivity index (χ4v) is 2.27. The van der Waals surface area contributed by atoms with Gasteiger partial charge in [-0.1, -0.05) is 31.5 Å². The van der Waals surface area contributed by atoms with Crippen LogP contribution in [0.4, 0.5) is 0 Å². The number of aryl methyl sites for hydroxylation is 1. The molecule has 1 aromatic carbocycles. The summed E-state index contributed by atoms with van der Waals surface area (Å²) in [5.74, 6) is 0. The lowest BCUT2D eigenvalue weighted by atomic mass is 9.99. The SMILES string of the molecule is CCC1(CC)COCO1.Cc1ccc(S(=O)(=O)[O-])cc1.O. The average Bonchev–Trinajstić information content (AvgIpc) is 2.88. The topological polar surface area (TPSA) is 107 Å². The minimum Gasteiger partial charge on any atom is -0.744 e. The van der Waals surface area contributed by atoms with Gasteiger partial charge in [0.05, 0.1) is 17.1 Å². The van der Waals surface area contributed by atoms with Crippen LogP contribution in [-0.2, 0) is 19.6 Å². The summed E-state index contributed by atoms with van der Waals surface area (Å²) < 4.78 is 41.7. The molecule has 0 aromatic heterocycles. The first-order valence-corrected chi connectivity index (χ1v) is 7.98. The largest absolute Gasteiger partial charge is 0.744 e. The monoisotopic (exact) mass is 319 g/mol. The summed E-state index contributed by atoms with van der Waals surface area (Å²) in [7, 11) is -4.27. The lowest BCUT2D eigenvalue weighted by molar-refractivity contribution is -0.0128. The third kappa shape index (κ3) is 6.11. The van der Waals surface area contributed by atoms with Crippen molar-refractivity contribution >= 4 is 10.1 Å². The summed E-state index contributed by atoms with van der Waals surface area (Å²) in [4.78, 5) is -0.178. The van der Waals surface area contributed by atoms with Crippen LogP contribution in [0.25, 0.3) is 0 Å². The van der Waals surface area contributed by atoms with Gasteiger partial charge in [-0.2, -0.15) is 0 Å². The molecular weight excluding hydrogens is 296 g/mol. The van der Waals surface area contributed by atoms with E-state index in [2.05, 4.69) is 13.8 Å². The van der Waals surface area contributed by atoms with Gasteiger partial charge in [0.2, 0.25) is 0 Å². The Morgan fingerprint density at radius 2 is 1.71 bits per heavy atom. The molecule has 0 amide bonds. The standard InChI is InChI=1S/C7H8O3S.C7H14O2.H2O/c1-6-2-4-7(5-3-6)11(8,9)10;1-3-7(4-2)5-8-6-9-7;/h2-5H,1H3,(H,8,9,10);3-6H2,1-2H3;1H2/p-1. The van der Waals surface area contributed by atoms with Gasteiger partial charge in [-0.3, -0.25) is 0 Å². The second-order valence-electron chi connectivity index (χ2n) is 4.77. The van der Waals surface area contributed by atoms with E-state index in [1.807, 2.05) is 6.92 Å². The normalized spacial score (nSPS) is 16.6. The van der Waals surface area contributed by atoms with Gasteiger partial charge in [-0.05, 0) is 31.9 Å². The fraction of sp³-hybridized carbons (Fsp3) is 0.571. The molecular formula is C14H23O6S-. The summed E-state index contributed by atoms with van der Waals surface area (Å²) >= 11 is 0. The highest BCUT2D eigenvalue weighted by molar-refractivity contribution is 7.85. The molecule has 0 spiro atoms. The summed E-state index contributed by atoms with van der Waals surface area (Å²) in [5, 5.41) is 0. The summed E-state index contributed by atoms with van der Waals surface area (Å²) in [6.45, 7) is 7.36. The third-order valence-electron chi connectivity index (χ3n) is 3.41. The highest BCUT2D eigenvalue weighted by Gasteiger charge is 2.31. The molecule has 2 N–H and O–H groups in total. The van der Waals surface area contributed by atoms with E-state index in [0.29, 0.717) is 6.79 Å². The van der Waals surface area contributed by atoms with Crippen LogP contribution in [-0.4, -0.2) is 37.4 Å². The molecule has 1 saturated heterocycles. The predicted molar refractivity (Wildman–Crippen MR) is 78.0 cm³/mol. The van der Waals surface area contributed by atoms with Crippen molar-refractivity contribution < 1.29 is 27.9 Å². The Hall–Kier alpha value is -0.990. The summed E-state index contributed by atoms with van der Waals surface area (Å²) in [6, 6.07) is 5.78. The van der Waals surface area contributed by atoms with Crippen molar-refractivity contribution in [1.82, 2.24) is 0 Å². The summed E-state index contributed by atoms with van der Waals surface area (Å²) in [5.41, 5.74) is 0.984. The maximum absolute atomic E-state index is 10.4. The second kappa shape index (κ2) is 8.45. The Balaban J connectivity index is 0.000000370. The van der Waals surface area contributed by atoms with Crippen LogP contribution in [0.5, 0.6) is 0 Å². The first-order valence-electron chi connectivity index (χ1n) is 6.57. The maximum Gasteiger partial charge on any atom is 0.147 e. The smallest absolute Gasteiger partial charge is 0.147 e. The van der Waals surface area contributed by atoms with Crippen molar-refractivity contribution in [2.45, 2.75) is 44.1 Å². The lowest BCUT2D eigenvalue weighted by Crippen LogP contribution is -2.29. The molecule has 2 rings (SSSR count). The van der Waals surface area contributed by atoms with Crippen molar-refractivity contribution in [3.8, 4) is 0 Å². The van der Waals surface area contributed by atoms with E-state index in [4.69, 9.17) is 9.47 Å². The van der Waals surface area contributed by atoms with Crippen LogP contribution < -0.4 is 0 Å². The molecule has 0 aliphatic carbocycles. The van der Waals surface area contributed by atoms with Crippen LogP contribution in [0.3, 0.4) is 0 Å². The maximum atomic E-state index is 10.4. The van der Waals surface area contributed by atoms with Crippen molar-refractivity contribution in [3.63, 3.8) is 0 Å². The highest BCUT2D eigenvalue weighted by Crippen LogP contribution is 2.25. The molecule has 0 radical (unpaired) electrons. The van der Waals surface area contributed by atoms with Gasteiger partial charge < -0.3 is 19.5 Å². The predicted octanol–water partition coefficient (Wildman–Crippen LogP) is 1.62. The van der Waals surface area contributed by atoms with Gasteiger partial charge >= 0.3 is 0 Å². The van der Waals surface area contributed by atoms with Crippen molar-refractivity contribution in [2.75, 3.05) is 13.4 Å². The van der Waals surface area contributed by atoms with Gasteiger partial charge in [-0.25, -0.2) is 8.42 Å². The quantitative estimate of drug-likeness (QED) is 0.787. The lowest BCUT2D eigenvalue weighted by Gasteiger charge is -2.21. The molecule has 1 aromatic rings. The molecule has 0 saturated carbocycles. The van der Waals surface area contributed by atoms with Crippen LogP contribution in [0.15, 0.2) is 29.2 Å². The zero-order valence-electron chi connectivity index (χ0n) is 12.6. The van der Waals surface area contributed by atoms with Crippen molar-refractivity contribution in [1.29, 1.82) is 0 Å². The van der Waals surface area contributed by atoms with Crippen molar-refractivity contribution in [2.24, 2.45) is 0 Å². The Bertz CT molecular complexity index is 497. The molecule has 7 heteroatoms. The molecule has 6 nitrogen and oxygen atoms in total. The van der Waals surface area contributed by atoms with Crippen LogP contribution in [0, 0.1) is 6.92 Å². The van der Waals surface area contributed by atoms with E-state index < -0.39 is 10.1 Å². The fourth-order valence-electron chi connectivity index (χ4n) is 1.80. The van der Waals surface area contributed by atoms with Gasteiger partial charge in [0, 0.05) is 0 Å². The molecule has 0 unspecified atom stereocenters. The molecule has 122 valence electrons. The third-order valence-corrected chi connectivity index (χ3v) is 4.26. The molecule has 1 aliphatic heterocycles. The van der Waals surface area contributed by atoms with Crippen LogP contribution in [0.2, 0.25) is 0 Å². The second-order valence-corrected chi connectivity index (χ2v) is 6.15. The number of ether oxygens (including phenoxy) is 2. The number of hydrogen-bond acceptors (Lipinski definition) is 5. The number of rotatable bonds is 3. The van der Waals surface area contributed by atoms with E-state index >= 15 is 0 Å². The van der Waals surface area contributed by atoms with Gasteiger partial charge in [0.15, 0.2) is 0 Å². The molecule has 1 fully saturated rings. The average molecular weight is 319 g/mol. The van der Waals surface area contributed by atoms with E-state index in [9.17, 15) is 13.0 Å². The van der Waals surface area contributed by atoms with Gasteiger partial charge in [0.25, 0.3) is 0 Å². The van der Waals surface area contributed by atoms with Gasteiger partial charge in [0.1, 0.15) is 16.9 Å². The molecule has 0 bridgehead atoms. The first kappa shape index (κ1) is 20.0. The van der Waals surface area contributed by atoms with Gasteiger partial charge in [-0.15, -0.1) is 0 Å². The molecule has 21 heavy (non-hydrogen) atoms. The van der Waals surface area contributed by atoms with E-state index in [0.717, 1.165) is 25.0 Å². The molecule has 1 aliphatic rings.